The highest BCUT2D eigenvalue weighted by molar-refractivity contribution is 5.80. The van der Waals surface area contributed by atoms with E-state index in [9.17, 15) is 9.59 Å². The molecule has 202 valence electrons. The molecule has 0 aromatic rings. The van der Waals surface area contributed by atoms with E-state index in [1.165, 1.54) is 109 Å². The van der Waals surface area contributed by atoms with Crippen molar-refractivity contribution < 1.29 is 9.59 Å². The summed E-state index contributed by atoms with van der Waals surface area (Å²) in [7, 11) is 0. The molecule has 0 saturated carbocycles. The minimum Gasteiger partial charge on any atom is -0.369 e. The summed E-state index contributed by atoms with van der Waals surface area (Å²) >= 11 is 0. The van der Waals surface area contributed by atoms with E-state index in [1.54, 1.807) is 0 Å². The minimum absolute atomic E-state index is 0.0674. The van der Waals surface area contributed by atoms with Crippen LogP contribution in [0.4, 0.5) is 0 Å². The molecule has 4 nitrogen and oxygen atoms in total. The fourth-order valence-electron chi connectivity index (χ4n) is 4.87. The zero-order chi connectivity index (χ0) is 25.3. The summed E-state index contributed by atoms with van der Waals surface area (Å²) in [5.74, 6) is -0.467. The molecule has 0 aliphatic heterocycles. The third-order valence-electron chi connectivity index (χ3n) is 7.23. The molecule has 2 amide bonds. The average molecular weight is 481 g/mol. The van der Waals surface area contributed by atoms with E-state index in [0.29, 0.717) is 6.42 Å². The number of unbranched alkanes of at least 4 members (excludes halogenated alkanes) is 19. The first-order valence-corrected chi connectivity index (χ1v) is 15.1. The summed E-state index contributed by atoms with van der Waals surface area (Å²) in [6.45, 7) is 6.44. The van der Waals surface area contributed by atoms with Gasteiger partial charge in [-0.25, -0.2) is 0 Å². The largest absolute Gasteiger partial charge is 0.369 e. The molecular formula is C30H60N2O2. The summed E-state index contributed by atoms with van der Waals surface area (Å²) in [6, 6.07) is -0.170. The second-order valence-electron chi connectivity index (χ2n) is 10.6. The van der Waals surface area contributed by atoms with Crippen LogP contribution >= 0.6 is 0 Å². The Labute approximate surface area is 213 Å². The van der Waals surface area contributed by atoms with Gasteiger partial charge < -0.3 is 11.1 Å². The van der Waals surface area contributed by atoms with E-state index in [2.05, 4.69) is 19.2 Å². The molecule has 0 aliphatic carbocycles. The van der Waals surface area contributed by atoms with Gasteiger partial charge in [0.25, 0.3) is 0 Å². The van der Waals surface area contributed by atoms with Gasteiger partial charge in [-0.2, -0.15) is 0 Å². The molecule has 2 atom stereocenters. The minimum atomic E-state index is -0.281. The number of hydrogen-bond acceptors (Lipinski definition) is 2. The van der Waals surface area contributed by atoms with E-state index < -0.39 is 0 Å². The first kappa shape index (κ1) is 32.9. The lowest BCUT2D eigenvalue weighted by Gasteiger charge is -2.22. The summed E-state index contributed by atoms with van der Waals surface area (Å²) in [5, 5.41) is 3.04. The van der Waals surface area contributed by atoms with Gasteiger partial charge >= 0.3 is 0 Å². The Morgan fingerprint density at radius 1 is 0.588 bits per heavy atom. The Balaban J connectivity index is 3.71. The Kier molecular flexibility index (Phi) is 24.3. The third kappa shape index (κ3) is 21.5. The SMILES string of the molecule is CCCCCCCCCCCCCCCC(=O)NC(C)C(CCCCCCCCCC)C(N)=O. The molecule has 0 aromatic carbocycles. The van der Waals surface area contributed by atoms with Gasteiger partial charge in [0.1, 0.15) is 0 Å². The molecule has 34 heavy (non-hydrogen) atoms. The van der Waals surface area contributed by atoms with Crippen LogP contribution in [0.3, 0.4) is 0 Å². The lowest BCUT2D eigenvalue weighted by Crippen LogP contribution is -2.43. The van der Waals surface area contributed by atoms with Crippen LogP contribution in [-0.2, 0) is 9.59 Å². The van der Waals surface area contributed by atoms with E-state index in [4.69, 9.17) is 5.73 Å². The molecule has 4 heteroatoms. The van der Waals surface area contributed by atoms with Gasteiger partial charge in [-0.1, -0.05) is 142 Å². The zero-order valence-corrected chi connectivity index (χ0v) is 23.3. The topological polar surface area (TPSA) is 72.2 Å². The van der Waals surface area contributed by atoms with Gasteiger partial charge in [0.05, 0.1) is 5.92 Å². The van der Waals surface area contributed by atoms with Crippen LogP contribution in [0.1, 0.15) is 168 Å². The first-order valence-electron chi connectivity index (χ1n) is 15.1. The molecular weight excluding hydrogens is 420 g/mol. The number of rotatable bonds is 26. The number of amides is 2. The Bertz CT molecular complexity index is 467. The Morgan fingerprint density at radius 2 is 0.941 bits per heavy atom. The Morgan fingerprint density at radius 3 is 1.32 bits per heavy atom. The van der Waals surface area contributed by atoms with Gasteiger partial charge in [-0.15, -0.1) is 0 Å². The normalized spacial score (nSPS) is 13.0. The lowest BCUT2D eigenvalue weighted by molar-refractivity contribution is -0.125. The molecule has 0 fully saturated rings. The second kappa shape index (κ2) is 25.0. The quantitative estimate of drug-likeness (QED) is 0.122. The summed E-state index contributed by atoms with van der Waals surface area (Å²) in [4.78, 5) is 24.2. The lowest BCUT2D eigenvalue weighted by atomic mass is 9.93. The van der Waals surface area contributed by atoms with Crippen molar-refractivity contribution in [2.24, 2.45) is 11.7 Å². The van der Waals surface area contributed by atoms with Crippen LogP contribution in [0.25, 0.3) is 0 Å². The fraction of sp³-hybridized carbons (Fsp3) is 0.933. The predicted molar refractivity (Wildman–Crippen MR) is 148 cm³/mol. The zero-order valence-electron chi connectivity index (χ0n) is 23.3. The maximum absolute atomic E-state index is 12.3. The van der Waals surface area contributed by atoms with Crippen molar-refractivity contribution in [3.8, 4) is 0 Å². The number of primary amides is 1. The monoisotopic (exact) mass is 480 g/mol. The first-order chi connectivity index (χ1) is 16.5. The van der Waals surface area contributed by atoms with Gasteiger partial charge in [0.15, 0.2) is 0 Å². The smallest absolute Gasteiger partial charge is 0.222 e. The molecule has 0 aliphatic rings. The standard InChI is InChI=1S/C30H60N2O2/c1-4-6-8-10-12-14-15-16-17-18-20-22-24-26-29(33)32-27(3)28(30(31)34)25-23-21-19-13-11-9-7-5-2/h27-28H,4-26H2,1-3H3,(H2,31,34)(H,32,33). The maximum Gasteiger partial charge on any atom is 0.222 e. The van der Waals surface area contributed by atoms with E-state index in [1.807, 2.05) is 6.92 Å². The highest BCUT2D eigenvalue weighted by atomic mass is 16.2. The van der Waals surface area contributed by atoms with E-state index in [-0.39, 0.29) is 23.8 Å². The second-order valence-corrected chi connectivity index (χ2v) is 10.6. The van der Waals surface area contributed by atoms with Gasteiger partial charge in [0.2, 0.25) is 11.8 Å². The summed E-state index contributed by atoms with van der Waals surface area (Å²) in [5.41, 5.74) is 5.64. The highest BCUT2D eigenvalue weighted by Gasteiger charge is 2.23. The molecule has 0 aromatic heterocycles. The van der Waals surface area contributed by atoms with Gasteiger partial charge in [0, 0.05) is 12.5 Å². The average Bonchev–Trinajstić information content (AvgIpc) is 2.80. The number of nitrogens with two attached hydrogens (primary N) is 1. The number of nitrogens with one attached hydrogen (secondary N) is 1. The van der Waals surface area contributed by atoms with E-state index >= 15 is 0 Å². The third-order valence-corrected chi connectivity index (χ3v) is 7.23. The summed E-state index contributed by atoms with van der Waals surface area (Å²) in [6.07, 6.45) is 28.3. The van der Waals surface area contributed by atoms with Crippen LogP contribution in [0, 0.1) is 5.92 Å². The van der Waals surface area contributed by atoms with Crippen LogP contribution in [0.2, 0.25) is 0 Å². The van der Waals surface area contributed by atoms with Crippen molar-refractivity contribution in [2.75, 3.05) is 0 Å². The Hall–Kier alpha value is -1.06. The predicted octanol–water partition coefficient (Wildman–Crippen LogP) is 8.60. The molecule has 0 radical (unpaired) electrons. The van der Waals surface area contributed by atoms with Crippen molar-refractivity contribution in [1.29, 1.82) is 0 Å². The van der Waals surface area contributed by atoms with Gasteiger partial charge in [-0.3, -0.25) is 9.59 Å². The van der Waals surface area contributed by atoms with Crippen LogP contribution < -0.4 is 11.1 Å². The van der Waals surface area contributed by atoms with E-state index in [0.717, 1.165) is 32.1 Å². The van der Waals surface area contributed by atoms with Crippen LogP contribution in [0.5, 0.6) is 0 Å². The van der Waals surface area contributed by atoms with Crippen molar-refractivity contribution in [1.82, 2.24) is 5.32 Å². The molecule has 0 bridgehead atoms. The van der Waals surface area contributed by atoms with Crippen molar-refractivity contribution in [2.45, 2.75) is 174 Å². The molecule has 0 rings (SSSR count). The van der Waals surface area contributed by atoms with Crippen molar-refractivity contribution in [3.05, 3.63) is 0 Å². The van der Waals surface area contributed by atoms with Gasteiger partial charge in [-0.05, 0) is 19.8 Å². The fourth-order valence-corrected chi connectivity index (χ4v) is 4.87. The molecule has 0 spiro atoms. The van der Waals surface area contributed by atoms with Crippen LogP contribution in [0.15, 0.2) is 0 Å². The number of carbonyl (C=O) groups is 2. The molecule has 0 heterocycles. The molecule has 3 N–H and O–H groups in total. The van der Waals surface area contributed by atoms with Crippen molar-refractivity contribution in [3.63, 3.8) is 0 Å². The molecule has 0 saturated heterocycles. The highest BCUT2D eigenvalue weighted by Crippen LogP contribution is 2.17. The maximum atomic E-state index is 12.3. The molecule has 2 unspecified atom stereocenters. The summed E-state index contributed by atoms with van der Waals surface area (Å²) < 4.78 is 0. The van der Waals surface area contributed by atoms with Crippen LogP contribution in [-0.4, -0.2) is 17.9 Å². The number of hydrogen-bond donors (Lipinski definition) is 2. The van der Waals surface area contributed by atoms with Crippen molar-refractivity contribution >= 4 is 11.8 Å². The number of carbonyl (C=O) groups excluding carboxylic acids is 2.